The molecule has 18 heavy (non-hydrogen) atoms. The first-order chi connectivity index (χ1) is 8.56. The lowest BCUT2D eigenvalue weighted by Crippen LogP contribution is -2.19. The number of aromatic nitrogens is 2. The Morgan fingerprint density at radius 3 is 2.72 bits per heavy atom. The molecule has 0 aliphatic carbocycles. The maximum atomic E-state index is 4.49. The first-order valence-electron chi connectivity index (χ1n) is 5.51. The molecule has 0 fully saturated rings. The normalized spacial score (nSPS) is 10.4. The smallest absolute Gasteiger partial charge is 0.143 e. The van der Waals surface area contributed by atoms with Crippen LogP contribution in [0.15, 0.2) is 39.4 Å². The van der Waals surface area contributed by atoms with E-state index in [1.54, 1.807) is 6.20 Å². The van der Waals surface area contributed by atoms with Crippen molar-refractivity contribution in [1.29, 1.82) is 0 Å². The number of rotatable bonds is 3. The maximum absolute atomic E-state index is 4.49. The zero-order valence-electron chi connectivity index (χ0n) is 10.2. The van der Waals surface area contributed by atoms with E-state index in [1.807, 2.05) is 38.2 Å². The van der Waals surface area contributed by atoms with E-state index in [-0.39, 0.29) is 0 Å². The molecule has 94 valence electrons. The highest BCUT2D eigenvalue weighted by Crippen LogP contribution is 2.26. The molecule has 0 radical (unpaired) electrons. The molecule has 0 unspecified atom stereocenters. The SMILES string of the molecule is Cc1cccc(CN(C)c2ncc(Br)cc2Br)n1. The molecule has 0 saturated carbocycles. The van der Waals surface area contributed by atoms with Gasteiger partial charge in [0.2, 0.25) is 0 Å². The van der Waals surface area contributed by atoms with Crippen molar-refractivity contribution in [2.75, 3.05) is 11.9 Å². The monoisotopic (exact) mass is 369 g/mol. The molecule has 2 heterocycles. The highest BCUT2D eigenvalue weighted by molar-refractivity contribution is 9.11. The third-order valence-electron chi connectivity index (χ3n) is 2.50. The Hall–Kier alpha value is -0.940. The fourth-order valence-corrected chi connectivity index (χ4v) is 2.98. The molecule has 2 aromatic heterocycles. The van der Waals surface area contributed by atoms with E-state index in [0.717, 1.165) is 32.7 Å². The lowest BCUT2D eigenvalue weighted by Gasteiger charge is -2.19. The van der Waals surface area contributed by atoms with Crippen LogP contribution in [0.25, 0.3) is 0 Å². The summed E-state index contributed by atoms with van der Waals surface area (Å²) in [6.07, 6.45) is 1.79. The largest absolute Gasteiger partial charge is 0.353 e. The van der Waals surface area contributed by atoms with Crippen LogP contribution in [0.3, 0.4) is 0 Å². The number of pyridine rings is 2. The maximum Gasteiger partial charge on any atom is 0.143 e. The minimum atomic E-state index is 0.731. The third-order valence-corrected chi connectivity index (χ3v) is 3.51. The summed E-state index contributed by atoms with van der Waals surface area (Å²) >= 11 is 6.92. The van der Waals surface area contributed by atoms with Gasteiger partial charge in [-0.1, -0.05) is 6.07 Å². The van der Waals surface area contributed by atoms with Crippen molar-refractivity contribution in [3.63, 3.8) is 0 Å². The first-order valence-corrected chi connectivity index (χ1v) is 7.09. The summed E-state index contributed by atoms with van der Waals surface area (Å²) < 4.78 is 1.92. The molecular weight excluding hydrogens is 358 g/mol. The lowest BCUT2D eigenvalue weighted by atomic mass is 10.3. The molecule has 0 aliphatic rings. The molecular formula is C13H13Br2N3. The Labute approximate surface area is 124 Å². The fraction of sp³-hybridized carbons (Fsp3) is 0.231. The van der Waals surface area contributed by atoms with Gasteiger partial charge in [-0.3, -0.25) is 4.98 Å². The van der Waals surface area contributed by atoms with E-state index < -0.39 is 0 Å². The number of halogens is 2. The topological polar surface area (TPSA) is 29.0 Å². The van der Waals surface area contributed by atoms with E-state index in [1.165, 1.54) is 0 Å². The van der Waals surface area contributed by atoms with Crippen LogP contribution in [0.2, 0.25) is 0 Å². The Morgan fingerprint density at radius 2 is 2.06 bits per heavy atom. The standard InChI is InChI=1S/C13H13Br2N3/c1-9-4-3-5-11(17-9)8-18(2)13-12(15)6-10(14)7-16-13/h3-7H,8H2,1-2H3. The highest BCUT2D eigenvalue weighted by Gasteiger charge is 2.09. The van der Waals surface area contributed by atoms with Crippen LogP contribution in [0.1, 0.15) is 11.4 Å². The van der Waals surface area contributed by atoms with Crippen molar-refractivity contribution >= 4 is 37.7 Å². The Bertz CT molecular complexity index is 558. The first kappa shape index (κ1) is 13.5. The Kier molecular flexibility index (Phi) is 4.35. The van der Waals surface area contributed by atoms with Gasteiger partial charge in [-0.15, -0.1) is 0 Å². The minimum absolute atomic E-state index is 0.731. The summed E-state index contributed by atoms with van der Waals surface area (Å²) in [7, 11) is 2.00. The van der Waals surface area contributed by atoms with Crippen LogP contribution in [0.4, 0.5) is 5.82 Å². The zero-order chi connectivity index (χ0) is 13.1. The molecule has 0 aliphatic heterocycles. The van der Waals surface area contributed by atoms with Crippen molar-refractivity contribution in [1.82, 2.24) is 9.97 Å². The van der Waals surface area contributed by atoms with E-state index >= 15 is 0 Å². The van der Waals surface area contributed by atoms with Crippen LogP contribution in [-0.2, 0) is 6.54 Å². The molecule has 0 amide bonds. The van der Waals surface area contributed by atoms with Gasteiger partial charge in [0.15, 0.2) is 0 Å². The van der Waals surface area contributed by atoms with Gasteiger partial charge in [-0.25, -0.2) is 4.98 Å². The van der Waals surface area contributed by atoms with Crippen molar-refractivity contribution in [3.05, 3.63) is 50.8 Å². The second-order valence-electron chi connectivity index (χ2n) is 4.09. The number of aryl methyl sites for hydroxylation is 1. The van der Waals surface area contributed by atoms with Crippen molar-refractivity contribution in [2.45, 2.75) is 13.5 Å². The van der Waals surface area contributed by atoms with Gasteiger partial charge in [0, 0.05) is 23.4 Å². The molecule has 3 nitrogen and oxygen atoms in total. The molecule has 0 N–H and O–H groups in total. The van der Waals surface area contributed by atoms with Gasteiger partial charge >= 0.3 is 0 Å². The molecule has 2 rings (SSSR count). The number of hydrogen-bond acceptors (Lipinski definition) is 3. The molecule has 0 atom stereocenters. The lowest BCUT2D eigenvalue weighted by molar-refractivity contribution is 0.856. The summed E-state index contributed by atoms with van der Waals surface area (Å²) in [5, 5.41) is 0. The van der Waals surface area contributed by atoms with Crippen LogP contribution in [0.5, 0.6) is 0 Å². The van der Waals surface area contributed by atoms with Crippen LogP contribution in [0, 0.1) is 6.92 Å². The summed E-state index contributed by atoms with van der Waals surface area (Å²) in [5.41, 5.74) is 2.07. The third kappa shape index (κ3) is 3.29. The highest BCUT2D eigenvalue weighted by atomic mass is 79.9. The Morgan fingerprint density at radius 1 is 1.28 bits per heavy atom. The van der Waals surface area contributed by atoms with Gasteiger partial charge in [-0.05, 0) is 57.0 Å². The van der Waals surface area contributed by atoms with Gasteiger partial charge in [-0.2, -0.15) is 0 Å². The van der Waals surface area contributed by atoms with Gasteiger partial charge in [0.1, 0.15) is 5.82 Å². The summed E-state index contributed by atoms with van der Waals surface area (Å²) in [6.45, 7) is 2.73. The molecule has 0 bridgehead atoms. The van der Waals surface area contributed by atoms with Crippen LogP contribution < -0.4 is 4.90 Å². The number of nitrogens with zero attached hydrogens (tertiary/aromatic N) is 3. The van der Waals surface area contributed by atoms with Crippen molar-refractivity contribution in [2.24, 2.45) is 0 Å². The molecule has 0 aromatic carbocycles. The van der Waals surface area contributed by atoms with E-state index in [0.29, 0.717) is 0 Å². The minimum Gasteiger partial charge on any atom is -0.353 e. The second-order valence-corrected chi connectivity index (χ2v) is 5.86. The van der Waals surface area contributed by atoms with E-state index in [9.17, 15) is 0 Å². The van der Waals surface area contributed by atoms with Crippen molar-refractivity contribution < 1.29 is 0 Å². The van der Waals surface area contributed by atoms with E-state index in [2.05, 4.69) is 46.7 Å². The van der Waals surface area contributed by atoms with Gasteiger partial charge in [0.05, 0.1) is 16.7 Å². The number of hydrogen-bond donors (Lipinski definition) is 0. The second kappa shape index (κ2) is 5.80. The van der Waals surface area contributed by atoms with Crippen LogP contribution >= 0.6 is 31.9 Å². The van der Waals surface area contributed by atoms with Gasteiger partial charge < -0.3 is 4.90 Å². The average Bonchev–Trinajstić information content (AvgIpc) is 2.28. The molecule has 5 heteroatoms. The molecule has 0 saturated heterocycles. The Balaban J connectivity index is 2.19. The predicted octanol–water partition coefficient (Wildman–Crippen LogP) is 3.95. The average molecular weight is 371 g/mol. The zero-order valence-corrected chi connectivity index (χ0v) is 13.4. The summed E-state index contributed by atoms with van der Waals surface area (Å²) in [4.78, 5) is 11.0. The summed E-state index contributed by atoms with van der Waals surface area (Å²) in [5.74, 6) is 0.904. The van der Waals surface area contributed by atoms with Crippen molar-refractivity contribution in [3.8, 4) is 0 Å². The summed E-state index contributed by atoms with van der Waals surface area (Å²) in [6, 6.07) is 8.03. The predicted molar refractivity (Wildman–Crippen MR) is 80.7 cm³/mol. The molecule has 0 spiro atoms. The molecule has 2 aromatic rings. The van der Waals surface area contributed by atoms with E-state index in [4.69, 9.17) is 0 Å². The van der Waals surface area contributed by atoms with Crippen LogP contribution in [-0.4, -0.2) is 17.0 Å². The number of anilines is 1. The quantitative estimate of drug-likeness (QED) is 0.819. The van der Waals surface area contributed by atoms with Gasteiger partial charge in [0.25, 0.3) is 0 Å². The fourth-order valence-electron chi connectivity index (χ4n) is 1.69.